The number of nitrogens with two attached hydrogens (primary N) is 1. The summed E-state index contributed by atoms with van der Waals surface area (Å²) in [5.41, 5.74) is 6.96. The van der Waals surface area contributed by atoms with Gasteiger partial charge in [-0.05, 0) is 43.9 Å². The molecule has 3 N–H and O–H groups in total. The van der Waals surface area contributed by atoms with Crippen molar-refractivity contribution in [3.05, 3.63) is 29.8 Å². The highest BCUT2D eigenvalue weighted by molar-refractivity contribution is 5.95. The summed E-state index contributed by atoms with van der Waals surface area (Å²) in [6.45, 7) is 1.37. The molecule has 0 bridgehead atoms. The number of anilines is 1. The average Bonchev–Trinajstić information content (AvgIpc) is 3.32. The third-order valence-electron chi connectivity index (χ3n) is 4.21. The number of nitrogen functional groups attached to an aromatic ring is 1. The molecule has 112 valence electrons. The van der Waals surface area contributed by atoms with E-state index in [0.29, 0.717) is 24.3 Å². The predicted molar refractivity (Wildman–Crippen MR) is 80.6 cm³/mol. The summed E-state index contributed by atoms with van der Waals surface area (Å²) in [6, 6.07) is 7.29. The maximum atomic E-state index is 12.4. The van der Waals surface area contributed by atoms with Crippen molar-refractivity contribution in [1.29, 1.82) is 0 Å². The Morgan fingerprint density at radius 3 is 2.48 bits per heavy atom. The minimum Gasteiger partial charge on any atom is -0.399 e. The summed E-state index contributed by atoms with van der Waals surface area (Å²) in [4.78, 5) is 26.0. The lowest BCUT2D eigenvalue weighted by molar-refractivity contribution is -0.123. The van der Waals surface area contributed by atoms with Crippen molar-refractivity contribution in [2.75, 3.05) is 18.8 Å². The summed E-state index contributed by atoms with van der Waals surface area (Å²) in [6.07, 6.45) is 3.70. The molecule has 3 rings (SSSR count). The molecule has 0 unspecified atom stereocenters. The zero-order valence-electron chi connectivity index (χ0n) is 12.0. The lowest BCUT2D eigenvalue weighted by atomic mass is 10.0. The highest BCUT2D eigenvalue weighted by Gasteiger charge is 2.32. The lowest BCUT2D eigenvalue weighted by Crippen LogP contribution is -2.46. The number of nitrogens with one attached hydrogen (secondary N) is 1. The molecule has 2 fully saturated rings. The van der Waals surface area contributed by atoms with Crippen LogP contribution in [0.2, 0.25) is 0 Å². The van der Waals surface area contributed by atoms with Gasteiger partial charge in [0.25, 0.3) is 5.91 Å². The molecule has 5 heteroatoms. The minimum absolute atomic E-state index is 0.0225. The Balaban J connectivity index is 1.53. The molecule has 1 saturated heterocycles. The van der Waals surface area contributed by atoms with E-state index in [1.165, 1.54) is 0 Å². The fraction of sp³-hybridized carbons (Fsp3) is 0.500. The van der Waals surface area contributed by atoms with Gasteiger partial charge in [-0.2, -0.15) is 0 Å². The van der Waals surface area contributed by atoms with E-state index in [4.69, 9.17) is 5.73 Å². The van der Waals surface area contributed by atoms with Gasteiger partial charge in [0.2, 0.25) is 5.91 Å². The topological polar surface area (TPSA) is 75.4 Å². The Morgan fingerprint density at radius 2 is 1.86 bits per heavy atom. The van der Waals surface area contributed by atoms with Crippen molar-refractivity contribution < 1.29 is 9.59 Å². The van der Waals surface area contributed by atoms with Crippen LogP contribution in [-0.4, -0.2) is 35.8 Å². The predicted octanol–water partition coefficient (Wildman–Crippen LogP) is 1.40. The molecule has 0 aromatic heterocycles. The van der Waals surface area contributed by atoms with Gasteiger partial charge >= 0.3 is 0 Å². The fourth-order valence-corrected chi connectivity index (χ4v) is 2.75. The smallest absolute Gasteiger partial charge is 0.253 e. The van der Waals surface area contributed by atoms with Crippen molar-refractivity contribution in [3.63, 3.8) is 0 Å². The zero-order valence-corrected chi connectivity index (χ0v) is 12.0. The van der Waals surface area contributed by atoms with Gasteiger partial charge in [-0.25, -0.2) is 0 Å². The van der Waals surface area contributed by atoms with Crippen molar-refractivity contribution in [2.24, 2.45) is 5.92 Å². The van der Waals surface area contributed by atoms with Gasteiger partial charge < -0.3 is 16.0 Å². The van der Waals surface area contributed by atoms with E-state index >= 15 is 0 Å². The van der Waals surface area contributed by atoms with Crippen LogP contribution in [-0.2, 0) is 4.79 Å². The number of rotatable bonds is 3. The first-order valence-corrected chi connectivity index (χ1v) is 7.58. The standard InChI is InChI=1S/C16H21N3O2/c17-13-3-1-2-12(10-13)16(21)19-8-6-14(7-9-19)18-15(20)11-4-5-11/h1-3,10-11,14H,4-9,17H2,(H,18,20). The molecule has 1 heterocycles. The molecule has 1 aliphatic carbocycles. The van der Waals surface area contributed by atoms with E-state index < -0.39 is 0 Å². The van der Waals surface area contributed by atoms with Crippen LogP contribution in [0.3, 0.4) is 0 Å². The molecule has 1 aromatic rings. The number of amides is 2. The van der Waals surface area contributed by atoms with E-state index in [2.05, 4.69) is 5.32 Å². The van der Waals surface area contributed by atoms with E-state index in [1.54, 1.807) is 24.3 Å². The Morgan fingerprint density at radius 1 is 1.14 bits per heavy atom. The van der Waals surface area contributed by atoms with E-state index in [1.807, 2.05) is 4.90 Å². The molecular formula is C16H21N3O2. The van der Waals surface area contributed by atoms with Gasteiger partial charge in [0.05, 0.1) is 0 Å². The Kier molecular flexibility index (Phi) is 3.82. The van der Waals surface area contributed by atoms with Gasteiger partial charge in [-0.1, -0.05) is 6.07 Å². The molecule has 2 aliphatic rings. The van der Waals surface area contributed by atoms with Gasteiger partial charge in [0.15, 0.2) is 0 Å². The Labute approximate surface area is 124 Å². The van der Waals surface area contributed by atoms with E-state index in [9.17, 15) is 9.59 Å². The number of nitrogens with zero attached hydrogens (tertiary/aromatic N) is 1. The monoisotopic (exact) mass is 287 g/mol. The van der Waals surface area contributed by atoms with Crippen molar-refractivity contribution >= 4 is 17.5 Å². The highest BCUT2D eigenvalue weighted by atomic mass is 16.2. The maximum Gasteiger partial charge on any atom is 0.253 e. The van der Waals surface area contributed by atoms with Crippen LogP contribution in [0.15, 0.2) is 24.3 Å². The molecule has 1 aliphatic heterocycles. The fourth-order valence-electron chi connectivity index (χ4n) is 2.75. The third kappa shape index (κ3) is 3.35. The molecule has 0 atom stereocenters. The van der Waals surface area contributed by atoms with Crippen LogP contribution in [0, 0.1) is 5.92 Å². The van der Waals surface area contributed by atoms with Crippen molar-refractivity contribution in [1.82, 2.24) is 10.2 Å². The van der Waals surface area contributed by atoms with Crippen LogP contribution < -0.4 is 11.1 Å². The maximum absolute atomic E-state index is 12.4. The van der Waals surface area contributed by atoms with E-state index in [0.717, 1.165) is 25.7 Å². The Hall–Kier alpha value is -2.04. The second kappa shape index (κ2) is 5.76. The van der Waals surface area contributed by atoms with Gasteiger partial charge in [-0.3, -0.25) is 9.59 Å². The molecule has 21 heavy (non-hydrogen) atoms. The van der Waals surface area contributed by atoms with Crippen molar-refractivity contribution in [3.8, 4) is 0 Å². The van der Waals surface area contributed by atoms with Gasteiger partial charge in [0.1, 0.15) is 0 Å². The highest BCUT2D eigenvalue weighted by Crippen LogP contribution is 2.29. The first-order valence-electron chi connectivity index (χ1n) is 7.58. The summed E-state index contributed by atoms with van der Waals surface area (Å²) in [5.74, 6) is 0.460. The molecule has 2 amide bonds. The van der Waals surface area contributed by atoms with Crippen LogP contribution >= 0.6 is 0 Å². The number of benzene rings is 1. The number of carbonyl (C=O) groups is 2. The quantitative estimate of drug-likeness (QED) is 0.825. The van der Waals surface area contributed by atoms with E-state index in [-0.39, 0.29) is 23.8 Å². The van der Waals surface area contributed by atoms with Crippen LogP contribution in [0.5, 0.6) is 0 Å². The Bertz CT molecular complexity index is 546. The normalized spacial score (nSPS) is 19.3. The number of likely N-dealkylation sites (tertiary alicyclic amines) is 1. The first kappa shape index (κ1) is 13.9. The zero-order chi connectivity index (χ0) is 14.8. The van der Waals surface area contributed by atoms with Gasteiger partial charge in [-0.15, -0.1) is 0 Å². The lowest BCUT2D eigenvalue weighted by Gasteiger charge is -2.32. The molecule has 5 nitrogen and oxygen atoms in total. The molecular weight excluding hydrogens is 266 g/mol. The second-order valence-corrected chi connectivity index (χ2v) is 5.97. The van der Waals surface area contributed by atoms with Crippen LogP contribution in [0.4, 0.5) is 5.69 Å². The summed E-state index contributed by atoms with van der Waals surface area (Å²) < 4.78 is 0. The summed E-state index contributed by atoms with van der Waals surface area (Å²) >= 11 is 0. The number of carbonyl (C=O) groups excluding carboxylic acids is 2. The van der Waals surface area contributed by atoms with Crippen molar-refractivity contribution in [2.45, 2.75) is 31.7 Å². The number of piperidine rings is 1. The summed E-state index contributed by atoms with van der Waals surface area (Å²) in [5, 5.41) is 3.09. The number of hydrogen-bond donors (Lipinski definition) is 2. The third-order valence-corrected chi connectivity index (χ3v) is 4.21. The van der Waals surface area contributed by atoms with Gasteiger partial charge in [0, 0.05) is 36.3 Å². The largest absolute Gasteiger partial charge is 0.399 e. The van der Waals surface area contributed by atoms with Crippen LogP contribution in [0.25, 0.3) is 0 Å². The molecule has 0 radical (unpaired) electrons. The minimum atomic E-state index is 0.0225. The molecule has 1 aromatic carbocycles. The summed E-state index contributed by atoms with van der Waals surface area (Å²) in [7, 11) is 0. The van der Waals surface area contributed by atoms with Crippen LogP contribution in [0.1, 0.15) is 36.0 Å². The average molecular weight is 287 g/mol. The SMILES string of the molecule is Nc1cccc(C(=O)N2CCC(NC(=O)C3CC3)CC2)c1. The first-order chi connectivity index (χ1) is 10.1. The molecule has 1 saturated carbocycles. The second-order valence-electron chi connectivity index (χ2n) is 5.97. The molecule has 0 spiro atoms. The number of hydrogen-bond acceptors (Lipinski definition) is 3.